The maximum absolute atomic E-state index is 12.2. The van der Waals surface area contributed by atoms with Gasteiger partial charge in [-0.3, -0.25) is 9.67 Å². The van der Waals surface area contributed by atoms with Gasteiger partial charge in [0.15, 0.2) is 10.6 Å². The lowest BCUT2D eigenvalue weighted by Gasteiger charge is -2.11. The summed E-state index contributed by atoms with van der Waals surface area (Å²) < 4.78 is 42.2. The first-order valence-electron chi connectivity index (χ1n) is 6.67. The number of hydrogen-bond donors (Lipinski definition) is 2. The van der Waals surface area contributed by atoms with Gasteiger partial charge in [-0.15, -0.1) is 13.2 Å². The second-order valence-electron chi connectivity index (χ2n) is 4.75. The summed E-state index contributed by atoms with van der Waals surface area (Å²) in [6.07, 6.45) is -4.76. The van der Waals surface area contributed by atoms with Crippen molar-refractivity contribution in [2.45, 2.75) is 6.36 Å². The Hall–Kier alpha value is -2.81. The fourth-order valence-corrected chi connectivity index (χ4v) is 2.41. The van der Waals surface area contributed by atoms with E-state index >= 15 is 0 Å². The van der Waals surface area contributed by atoms with Crippen LogP contribution in [0.3, 0.4) is 0 Å². The molecule has 0 saturated heterocycles. The number of nitrogens with zero attached hydrogens (tertiary/aromatic N) is 2. The second kappa shape index (κ2) is 6.00. The van der Waals surface area contributed by atoms with Gasteiger partial charge in [-0.2, -0.15) is 5.10 Å². The molecule has 0 radical (unpaired) electrons. The summed E-state index contributed by atoms with van der Waals surface area (Å²) in [5.41, 5.74) is 0.905. The third-order valence-electron chi connectivity index (χ3n) is 3.15. The van der Waals surface area contributed by atoms with Gasteiger partial charge >= 0.3 is 6.36 Å². The average Bonchev–Trinajstić information content (AvgIpc) is 2.89. The molecule has 0 aliphatic heterocycles. The Balaban J connectivity index is 2.03. The number of nitrogens with one attached hydrogen (secondary N) is 1. The van der Waals surface area contributed by atoms with Gasteiger partial charge in [-0.1, -0.05) is 12.1 Å². The van der Waals surface area contributed by atoms with Crippen molar-refractivity contribution < 1.29 is 23.0 Å². The van der Waals surface area contributed by atoms with E-state index in [2.05, 4.69) is 14.9 Å². The molecule has 24 heavy (non-hydrogen) atoms. The Kier molecular flexibility index (Phi) is 4.02. The molecule has 0 bridgehead atoms. The Morgan fingerprint density at radius 3 is 2.38 bits per heavy atom. The maximum atomic E-state index is 12.2. The fourth-order valence-electron chi connectivity index (χ4n) is 2.18. The van der Waals surface area contributed by atoms with Crippen LogP contribution >= 0.6 is 12.2 Å². The molecular formula is C15H10F3N3O2S. The number of para-hydroxylation sites is 1. The summed E-state index contributed by atoms with van der Waals surface area (Å²) in [5.74, 6) is -0.00210. The van der Waals surface area contributed by atoms with Crippen LogP contribution in [0.5, 0.6) is 11.5 Å². The summed E-state index contributed by atoms with van der Waals surface area (Å²) in [6, 6.07) is 11.7. The minimum atomic E-state index is -4.76. The molecule has 124 valence electrons. The third kappa shape index (κ3) is 3.25. The highest BCUT2D eigenvalue weighted by molar-refractivity contribution is 7.71. The van der Waals surface area contributed by atoms with E-state index in [9.17, 15) is 18.3 Å². The molecule has 1 aromatic heterocycles. The zero-order valence-corrected chi connectivity index (χ0v) is 12.7. The number of hydrogen-bond acceptors (Lipinski definition) is 4. The number of ether oxygens (including phenoxy) is 1. The van der Waals surface area contributed by atoms with E-state index in [-0.39, 0.29) is 16.3 Å². The van der Waals surface area contributed by atoms with E-state index in [1.165, 1.54) is 34.9 Å². The zero-order valence-electron chi connectivity index (χ0n) is 11.9. The van der Waals surface area contributed by atoms with Crippen LogP contribution in [-0.2, 0) is 0 Å². The lowest BCUT2D eigenvalue weighted by Crippen LogP contribution is -2.17. The summed E-state index contributed by atoms with van der Waals surface area (Å²) in [7, 11) is 0. The van der Waals surface area contributed by atoms with Crippen LogP contribution < -0.4 is 4.74 Å². The molecule has 5 nitrogen and oxygen atoms in total. The third-order valence-corrected chi connectivity index (χ3v) is 3.42. The number of rotatable bonds is 3. The minimum Gasteiger partial charge on any atom is -0.507 e. The first kappa shape index (κ1) is 16.1. The van der Waals surface area contributed by atoms with Gasteiger partial charge in [-0.25, -0.2) is 0 Å². The zero-order chi connectivity index (χ0) is 17.3. The molecule has 9 heteroatoms. The van der Waals surface area contributed by atoms with Crippen molar-refractivity contribution in [2.75, 3.05) is 0 Å². The maximum Gasteiger partial charge on any atom is 0.573 e. The highest BCUT2D eigenvalue weighted by Gasteiger charge is 2.31. The predicted octanol–water partition coefficient (Wildman–Crippen LogP) is 4.20. The number of benzene rings is 2. The van der Waals surface area contributed by atoms with Crippen molar-refractivity contribution in [1.29, 1.82) is 0 Å². The number of aromatic nitrogens is 3. The molecule has 2 N–H and O–H groups in total. The van der Waals surface area contributed by atoms with E-state index in [1.807, 2.05) is 0 Å². The van der Waals surface area contributed by atoms with E-state index < -0.39 is 6.36 Å². The van der Waals surface area contributed by atoms with Crippen LogP contribution in [0.15, 0.2) is 48.5 Å². The summed E-state index contributed by atoms with van der Waals surface area (Å²) in [5, 5.41) is 16.7. The van der Waals surface area contributed by atoms with Crippen LogP contribution in [0.4, 0.5) is 13.2 Å². The Labute approximate surface area is 139 Å². The van der Waals surface area contributed by atoms with Gasteiger partial charge in [0, 0.05) is 0 Å². The largest absolute Gasteiger partial charge is 0.573 e. The molecule has 0 spiro atoms. The van der Waals surface area contributed by atoms with Crippen LogP contribution in [0.2, 0.25) is 0 Å². The van der Waals surface area contributed by atoms with Crippen molar-refractivity contribution in [3.63, 3.8) is 0 Å². The van der Waals surface area contributed by atoms with Crippen LogP contribution in [0, 0.1) is 4.77 Å². The molecule has 0 atom stereocenters. The van der Waals surface area contributed by atoms with Crippen molar-refractivity contribution in [2.24, 2.45) is 0 Å². The van der Waals surface area contributed by atoms with Crippen molar-refractivity contribution in [3.05, 3.63) is 53.3 Å². The van der Waals surface area contributed by atoms with E-state index in [1.54, 1.807) is 18.2 Å². The standard InChI is InChI=1S/C15H10F3N3O2S/c16-15(17,18)23-10-7-5-9(6-8-10)21-13(19-20-14(21)24)11-3-1-2-4-12(11)22/h1-8,22H,(H,20,24). The number of alkyl halides is 3. The molecule has 0 saturated carbocycles. The monoisotopic (exact) mass is 353 g/mol. The van der Waals surface area contributed by atoms with Crippen molar-refractivity contribution >= 4 is 12.2 Å². The number of phenols is 1. The molecule has 2 aromatic carbocycles. The molecule has 3 aromatic rings. The summed E-state index contributed by atoms with van der Waals surface area (Å²) in [6.45, 7) is 0. The van der Waals surface area contributed by atoms with Crippen molar-refractivity contribution in [1.82, 2.24) is 14.8 Å². The average molecular weight is 353 g/mol. The summed E-state index contributed by atoms with van der Waals surface area (Å²) >= 11 is 5.17. The van der Waals surface area contributed by atoms with Gasteiger partial charge in [0.1, 0.15) is 11.5 Å². The molecule has 3 rings (SSSR count). The van der Waals surface area contributed by atoms with Gasteiger partial charge in [-0.05, 0) is 48.6 Å². The predicted molar refractivity (Wildman–Crippen MR) is 82.5 cm³/mol. The van der Waals surface area contributed by atoms with Crippen LogP contribution in [0.25, 0.3) is 17.1 Å². The number of H-pyrrole nitrogens is 1. The lowest BCUT2D eigenvalue weighted by atomic mass is 10.2. The van der Waals surface area contributed by atoms with Crippen molar-refractivity contribution in [3.8, 4) is 28.6 Å². The Morgan fingerprint density at radius 1 is 1.08 bits per heavy atom. The minimum absolute atomic E-state index is 0.00442. The van der Waals surface area contributed by atoms with Crippen LogP contribution in [0.1, 0.15) is 0 Å². The molecule has 0 aliphatic carbocycles. The number of aromatic hydroxyl groups is 1. The molecule has 0 amide bonds. The molecule has 0 fully saturated rings. The van der Waals surface area contributed by atoms with Gasteiger partial charge < -0.3 is 9.84 Å². The summed E-state index contributed by atoms with van der Waals surface area (Å²) in [4.78, 5) is 0. The highest BCUT2D eigenvalue weighted by atomic mass is 32.1. The second-order valence-corrected chi connectivity index (χ2v) is 5.13. The SMILES string of the molecule is Oc1ccccc1-c1n[nH]c(=S)n1-c1ccc(OC(F)(F)F)cc1. The number of aromatic amines is 1. The number of halogens is 3. The van der Waals surface area contributed by atoms with Crippen LogP contribution in [-0.4, -0.2) is 26.2 Å². The fraction of sp³-hybridized carbons (Fsp3) is 0.0667. The highest BCUT2D eigenvalue weighted by Crippen LogP contribution is 2.30. The first-order valence-corrected chi connectivity index (χ1v) is 7.08. The Morgan fingerprint density at radius 2 is 1.75 bits per heavy atom. The Bertz CT molecular complexity index is 917. The van der Waals surface area contributed by atoms with Gasteiger partial charge in [0.2, 0.25) is 0 Å². The van der Waals surface area contributed by atoms with Gasteiger partial charge in [0.05, 0.1) is 11.3 Å². The van der Waals surface area contributed by atoms with E-state index in [4.69, 9.17) is 12.2 Å². The quantitative estimate of drug-likeness (QED) is 0.693. The van der Waals surface area contributed by atoms with E-state index in [0.29, 0.717) is 17.1 Å². The first-order chi connectivity index (χ1) is 11.3. The van der Waals surface area contributed by atoms with Gasteiger partial charge in [0.25, 0.3) is 0 Å². The smallest absolute Gasteiger partial charge is 0.507 e. The lowest BCUT2D eigenvalue weighted by molar-refractivity contribution is -0.274. The molecule has 0 aliphatic rings. The molecule has 0 unspecified atom stereocenters. The topological polar surface area (TPSA) is 63.1 Å². The molecule has 1 heterocycles. The van der Waals surface area contributed by atoms with E-state index in [0.717, 1.165) is 0 Å². The number of phenolic OH excluding ortho intramolecular Hbond substituents is 1. The normalized spacial score (nSPS) is 11.5. The molecular weight excluding hydrogens is 343 g/mol.